The molecule has 5 rings (SSSR count). The monoisotopic (exact) mass is 443 g/mol. The van der Waals surface area contributed by atoms with Crippen molar-refractivity contribution < 1.29 is 4.79 Å². The van der Waals surface area contributed by atoms with Crippen LogP contribution >= 0.6 is 11.3 Å². The van der Waals surface area contributed by atoms with Crippen LogP contribution in [0.15, 0.2) is 54.2 Å². The third kappa shape index (κ3) is 3.79. The Bertz CT molecular complexity index is 1470. The van der Waals surface area contributed by atoms with E-state index in [1.807, 2.05) is 13.0 Å². The van der Waals surface area contributed by atoms with Crippen molar-refractivity contribution in [3.63, 3.8) is 0 Å². The SMILES string of the molecule is CC#Cc1csc2nc(CC)c(-c3ccccc3)n12.NC(=O)c1c(N)nn2cccnc12. The van der Waals surface area contributed by atoms with Gasteiger partial charge < -0.3 is 11.5 Å². The lowest BCUT2D eigenvalue weighted by atomic mass is 10.1. The molecule has 0 atom stereocenters. The van der Waals surface area contributed by atoms with Crippen molar-refractivity contribution in [1.29, 1.82) is 0 Å². The van der Waals surface area contributed by atoms with Crippen LogP contribution in [-0.2, 0) is 6.42 Å². The molecule has 32 heavy (non-hydrogen) atoms. The summed E-state index contributed by atoms with van der Waals surface area (Å²) in [4.78, 5) is 20.6. The van der Waals surface area contributed by atoms with Gasteiger partial charge in [0.1, 0.15) is 11.3 Å². The van der Waals surface area contributed by atoms with E-state index < -0.39 is 5.91 Å². The molecule has 4 N–H and O–H groups in total. The summed E-state index contributed by atoms with van der Waals surface area (Å²) in [5.41, 5.74) is 15.7. The number of imidazole rings is 1. The van der Waals surface area contributed by atoms with Crippen molar-refractivity contribution in [2.24, 2.45) is 5.73 Å². The molecule has 0 saturated carbocycles. The standard InChI is InChI=1S/C16H14N2S.C7H7N5O/c1-3-8-13-11-19-16-17-14(4-2)15(18(13)16)12-9-6-5-7-10-12;8-5-4(6(9)13)7-10-2-1-3-12(7)11-5/h5-7,9-11H,4H2,1-2H3;1-3H,(H2,8,11)(H2,9,13). The molecule has 0 bridgehead atoms. The minimum atomic E-state index is -0.619. The number of benzene rings is 1. The maximum absolute atomic E-state index is 10.9. The van der Waals surface area contributed by atoms with E-state index in [1.54, 1.807) is 29.8 Å². The number of amides is 1. The van der Waals surface area contributed by atoms with Gasteiger partial charge in [0.2, 0.25) is 0 Å². The summed E-state index contributed by atoms with van der Waals surface area (Å²) < 4.78 is 3.59. The third-order valence-electron chi connectivity index (χ3n) is 4.74. The summed E-state index contributed by atoms with van der Waals surface area (Å²) in [6.45, 7) is 4.01. The van der Waals surface area contributed by atoms with Gasteiger partial charge in [-0.25, -0.2) is 14.5 Å². The van der Waals surface area contributed by atoms with E-state index in [9.17, 15) is 4.79 Å². The van der Waals surface area contributed by atoms with Crippen molar-refractivity contribution in [2.75, 3.05) is 5.73 Å². The van der Waals surface area contributed by atoms with Crippen molar-refractivity contribution in [3.05, 3.63) is 71.1 Å². The molecule has 0 aliphatic heterocycles. The van der Waals surface area contributed by atoms with Gasteiger partial charge in [-0.2, -0.15) is 0 Å². The van der Waals surface area contributed by atoms with Gasteiger partial charge in [0.05, 0.1) is 11.4 Å². The smallest absolute Gasteiger partial charge is 0.256 e. The van der Waals surface area contributed by atoms with Gasteiger partial charge in [-0.15, -0.1) is 16.4 Å². The molecule has 0 unspecified atom stereocenters. The molecule has 0 saturated heterocycles. The van der Waals surface area contributed by atoms with Crippen LogP contribution in [0.25, 0.3) is 21.9 Å². The molecule has 8 nitrogen and oxygen atoms in total. The number of nitrogens with zero attached hydrogens (tertiary/aromatic N) is 5. The molecule has 1 amide bonds. The van der Waals surface area contributed by atoms with Crippen molar-refractivity contribution >= 4 is 33.7 Å². The molecular formula is C23H21N7OS. The van der Waals surface area contributed by atoms with Crippen molar-refractivity contribution in [1.82, 2.24) is 24.0 Å². The second-order valence-electron chi connectivity index (χ2n) is 6.75. The first-order valence-electron chi connectivity index (χ1n) is 9.90. The van der Waals surface area contributed by atoms with E-state index in [0.717, 1.165) is 22.8 Å². The average molecular weight is 444 g/mol. The van der Waals surface area contributed by atoms with Gasteiger partial charge in [-0.3, -0.25) is 9.20 Å². The Morgan fingerprint density at radius 1 is 1.22 bits per heavy atom. The molecule has 4 aromatic heterocycles. The fourth-order valence-corrected chi connectivity index (χ4v) is 4.24. The first kappa shape index (κ1) is 21.1. The van der Waals surface area contributed by atoms with Gasteiger partial charge in [-0.1, -0.05) is 43.2 Å². The quantitative estimate of drug-likeness (QED) is 0.415. The number of thiazole rings is 1. The lowest BCUT2D eigenvalue weighted by Crippen LogP contribution is -2.12. The second-order valence-corrected chi connectivity index (χ2v) is 7.59. The predicted molar refractivity (Wildman–Crippen MR) is 126 cm³/mol. The number of carbonyl (C=O) groups is 1. The lowest BCUT2D eigenvalue weighted by Gasteiger charge is -2.03. The number of aromatic nitrogens is 5. The molecule has 9 heteroatoms. The summed E-state index contributed by atoms with van der Waals surface area (Å²) >= 11 is 1.65. The zero-order chi connectivity index (χ0) is 22.7. The largest absolute Gasteiger partial charge is 0.381 e. The fraction of sp³-hybridized carbons (Fsp3) is 0.130. The number of rotatable bonds is 3. The number of hydrogen-bond acceptors (Lipinski definition) is 6. The second kappa shape index (κ2) is 8.91. The van der Waals surface area contributed by atoms with Crippen LogP contribution in [0.2, 0.25) is 0 Å². The van der Waals surface area contributed by atoms with Gasteiger partial charge in [0.25, 0.3) is 5.91 Å². The van der Waals surface area contributed by atoms with Crippen LogP contribution in [0.1, 0.15) is 35.6 Å². The number of anilines is 1. The molecule has 4 heterocycles. The summed E-state index contributed by atoms with van der Waals surface area (Å²) in [5, 5.41) is 5.94. The van der Waals surface area contributed by atoms with Crippen LogP contribution in [0, 0.1) is 11.8 Å². The predicted octanol–water partition coefficient (Wildman–Crippen LogP) is 3.41. The van der Waals surface area contributed by atoms with Crippen LogP contribution in [-0.4, -0.2) is 29.9 Å². The van der Waals surface area contributed by atoms with Crippen LogP contribution in [0.4, 0.5) is 5.82 Å². The van der Waals surface area contributed by atoms with Gasteiger partial charge in [0.15, 0.2) is 16.4 Å². The Labute approximate surface area is 188 Å². The highest BCUT2D eigenvalue weighted by atomic mass is 32.1. The number of nitrogen functional groups attached to an aromatic ring is 1. The Kier molecular flexibility index (Phi) is 5.87. The number of fused-ring (bicyclic) bond motifs is 2. The lowest BCUT2D eigenvalue weighted by molar-refractivity contribution is 0.100. The molecule has 0 aliphatic carbocycles. The topological polar surface area (TPSA) is 117 Å². The zero-order valence-electron chi connectivity index (χ0n) is 17.6. The molecule has 0 fully saturated rings. The van der Waals surface area contributed by atoms with Crippen LogP contribution in [0.5, 0.6) is 0 Å². The number of aryl methyl sites for hydroxylation is 1. The Morgan fingerprint density at radius 2 is 2.00 bits per heavy atom. The van der Waals surface area contributed by atoms with Gasteiger partial charge in [-0.05, 0) is 25.3 Å². The normalized spacial score (nSPS) is 10.4. The molecule has 0 spiro atoms. The van der Waals surface area contributed by atoms with E-state index in [2.05, 4.69) is 62.9 Å². The zero-order valence-corrected chi connectivity index (χ0v) is 18.4. The van der Waals surface area contributed by atoms with E-state index in [1.165, 1.54) is 15.8 Å². The Balaban J connectivity index is 0.000000165. The third-order valence-corrected chi connectivity index (χ3v) is 5.57. The summed E-state index contributed by atoms with van der Waals surface area (Å²) in [6.07, 6.45) is 4.12. The van der Waals surface area contributed by atoms with E-state index in [4.69, 9.17) is 16.5 Å². The maximum Gasteiger partial charge on any atom is 0.256 e. The minimum Gasteiger partial charge on any atom is -0.381 e. The summed E-state index contributed by atoms with van der Waals surface area (Å²) in [7, 11) is 0. The number of primary amides is 1. The molecule has 0 aliphatic rings. The highest BCUT2D eigenvalue weighted by Crippen LogP contribution is 2.29. The molecule has 0 radical (unpaired) electrons. The van der Waals surface area contributed by atoms with Crippen LogP contribution < -0.4 is 11.5 Å². The first-order chi connectivity index (χ1) is 15.5. The highest BCUT2D eigenvalue weighted by Gasteiger charge is 2.16. The first-order valence-corrected chi connectivity index (χ1v) is 10.8. The average Bonchev–Trinajstić information content (AvgIpc) is 3.46. The molecular weight excluding hydrogens is 422 g/mol. The van der Waals surface area contributed by atoms with E-state index in [0.29, 0.717) is 5.65 Å². The molecule has 5 aromatic rings. The van der Waals surface area contributed by atoms with E-state index in [-0.39, 0.29) is 11.4 Å². The Morgan fingerprint density at radius 3 is 2.69 bits per heavy atom. The molecule has 1 aromatic carbocycles. The van der Waals surface area contributed by atoms with Crippen molar-refractivity contribution in [2.45, 2.75) is 20.3 Å². The van der Waals surface area contributed by atoms with Gasteiger partial charge in [0, 0.05) is 23.3 Å². The number of hydrogen-bond donors (Lipinski definition) is 2. The number of carbonyl (C=O) groups excluding carboxylic acids is 1. The minimum absolute atomic E-state index is 0.103. The highest BCUT2D eigenvalue weighted by molar-refractivity contribution is 7.15. The van der Waals surface area contributed by atoms with Crippen LogP contribution in [0.3, 0.4) is 0 Å². The van der Waals surface area contributed by atoms with E-state index >= 15 is 0 Å². The number of nitrogens with two attached hydrogens (primary N) is 2. The van der Waals surface area contributed by atoms with Gasteiger partial charge >= 0.3 is 0 Å². The Hall–Kier alpha value is -4.16. The maximum atomic E-state index is 10.9. The summed E-state index contributed by atoms with van der Waals surface area (Å²) in [5.74, 6) is 5.62. The van der Waals surface area contributed by atoms with Crippen molar-refractivity contribution in [3.8, 4) is 23.1 Å². The fourth-order valence-electron chi connectivity index (χ4n) is 3.40. The molecule has 160 valence electrons. The summed E-state index contributed by atoms with van der Waals surface area (Å²) in [6, 6.07) is 12.1.